The average molecular weight is 673 g/mol. The summed E-state index contributed by atoms with van der Waals surface area (Å²) >= 11 is 6.39. The molecule has 0 unspecified atom stereocenters. The molecule has 2 aliphatic rings. The number of likely N-dealkylation sites (N-methyl/N-ethyl adjacent to an activating group) is 1. The monoisotopic (exact) mass is 672 g/mol. The molecule has 47 heavy (non-hydrogen) atoms. The van der Waals surface area contributed by atoms with Gasteiger partial charge in [-0.25, -0.2) is 9.59 Å². The van der Waals surface area contributed by atoms with Gasteiger partial charge >= 0.3 is 11.9 Å². The Kier molecular flexibility index (Phi) is 15.1. The van der Waals surface area contributed by atoms with Crippen LogP contribution in [0.25, 0.3) is 0 Å². The van der Waals surface area contributed by atoms with E-state index in [0.717, 1.165) is 68.2 Å². The number of nitrogens with one attached hydrogen (secondary N) is 2. The minimum Gasteiger partial charge on any atom is -0.545 e. The molecule has 0 radical (unpaired) electrons. The zero-order valence-electron chi connectivity index (χ0n) is 26.4. The number of piperidine rings is 1. The Morgan fingerprint density at radius 2 is 1.43 bits per heavy atom. The van der Waals surface area contributed by atoms with E-state index in [1.165, 1.54) is 22.5 Å². The molecule has 2 aliphatic heterocycles. The van der Waals surface area contributed by atoms with Gasteiger partial charge in [-0.05, 0) is 54.3 Å². The van der Waals surface area contributed by atoms with Gasteiger partial charge in [0.05, 0.1) is 58.5 Å². The minimum absolute atomic E-state index is 0.152. The molecule has 1 amide bonds. The second-order valence-corrected chi connectivity index (χ2v) is 11.8. The molecule has 254 valence electrons. The molecule has 4 rings (SSSR count). The number of quaternary nitrogens is 2. The molecule has 2 aromatic rings. The summed E-state index contributed by atoms with van der Waals surface area (Å²) in [4.78, 5) is 55.3. The Morgan fingerprint density at radius 1 is 0.894 bits per heavy atom. The van der Waals surface area contributed by atoms with Crippen molar-refractivity contribution < 1.29 is 54.2 Å². The van der Waals surface area contributed by atoms with Gasteiger partial charge in [0, 0.05) is 41.5 Å². The predicted octanol–water partition coefficient (Wildman–Crippen LogP) is -2.23. The highest BCUT2D eigenvalue weighted by molar-refractivity contribution is 6.30. The zero-order chi connectivity index (χ0) is 35.1. The number of rotatable bonds is 10. The number of nitrogens with two attached hydrogens (primary N) is 1. The molecule has 0 aromatic heterocycles. The number of primary amides is 1. The van der Waals surface area contributed by atoms with Crippen LogP contribution < -0.4 is 30.6 Å². The third-order valence-electron chi connectivity index (χ3n) is 8.16. The fourth-order valence-electron chi connectivity index (χ4n) is 5.66. The van der Waals surface area contributed by atoms with Gasteiger partial charge in [0.2, 0.25) is 0 Å². The molecule has 0 aliphatic carbocycles. The number of likely N-dealkylation sites (tertiary alicyclic amines) is 1. The Bertz CT molecular complexity index is 1420. The van der Waals surface area contributed by atoms with Gasteiger partial charge in [-0.1, -0.05) is 35.9 Å². The van der Waals surface area contributed by atoms with E-state index in [1.54, 1.807) is 4.90 Å². The van der Waals surface area contributed by atoms with Crippen molar-refractivity contribution in [2.75, 3.05) is 45.2 Å². The van der Waals surface area contributed by atoms with Crippen LogP contribution in [0, 0.1) is 0 Å². The van der Waals surface area contributed by atoms with Crippen LogP contribution in [-0.2, 0) is 36.8 Å². The number of amides is 1. The molecular weight excluding hydrogens is 632 g/mol. The fraction of sp³-hybridized carbons (Fsp3) is 0.364. The highest BCUT2D eigenvalue weighted by Crippen LogP contribution is 2.37. The summed E-state index contributed by atoms with van der Waals surface area (Å²) in [5.74, 6) is -5.76. The molecular formula is C33H41ClN4O9. The van der Waals surface area contributed by atoms with E-state index in [0.29, 0.717) is 24.3 Å². The average Bonchev–Trinajstić information content (AvgIpc) is 3.16. The van der Waals surface area contributed by atoms with Gasteiger partial charge in [-0.2, -0.15) is 0 Å². The molecule has 13 nitrogen and oxygen atoms in total. The smallest absolute Gasteiger partial charge is 0.328 e. The Hall–Kier alpha value is -4.72. The summed E-state index contributed by atoms with van der Waals surface area (Å²) in [6, 6.07) is 15.1. The highest BCUT2D eigenvalue weighted by Gasteiger charge is 2.47. The number of carbonyl (C=O) groups is 5. The van der Waals surface area contributed by atoms with Crippen molar-refractivity contribution in [3.63, 3.8) is 0 Å². The van der Waals surface area contributed by atoms with Crippen molar-refractivity contribution >= 4 is 52.8 Å². The summed E-state index contributed by atoms with van der Waals surface area (Å²) in [6.07, 6.45) is 6.81. The topological polar surface area (TPSA) is 210 Å². The number of carboxylic acids is 4. The highest BCUT2D eigenvalue weighted by atomic mass is 35.5. The lowest BCUT2D eigenvalue weighted by molar-refractivity contribution is -0.949. The number of aryl methyl sites for hydroxylation is 2. The number of hydrogen-bond donors (Lipinski definition) is 5. The lowest BCUT2D eigenvalue weighted by Gasteiger charge is -2.39. The van der Waals surface area contributed by atoms with E-state index < -0.39 is 29.4 Å². The maximum atomic E-state index is 12.1. The SMILES string of the molecule is C[NH+](C)C1(C(N)=O)CC[NH+](CCCN2c3ccccc3CCc3ccc(Cl)cc32)CC1.O=C([O-])/C=C\C(=O)O.O=C([O-])/C=C\C(=O)O. The van der Waals surface area contributed by atoms with Crippen molar-refractivity contribution in [2.45, 2.75) is 37.6 Å². The van der Waals surface area contributed by atoms with Crippen LogP contribution in [-0.4, -0.2) is 85.8 Å². The summed E-state index contributed by atoms with van der Waals surface area (Å²) in [5, 5.41) is 35.2. The maximum absolute atomic E-state index is 12.1. The van der Waals surface area contributed by atoms with Crippen LogP contribution in [0.5, 0.6) is 0 Å². The van der Waals surface area contributed by atoms with Gasteiger partial charge in [-0.3, -0.25) is 4.79 Å². The molecule has 0 saturated carbocycles. The molecule has 1 fully saturated rings. The number of para-hydroxylation sites is 1. The standard InChI is InChI=1S/C25H33ClN4O.2C4H4O4/c1-28(2)25(24(27)31)12-16-29(17-13-25)14-5-15-30-22-7-4-3-6-19(22)8-9-20-10-11-21(26)18-23(20)30;2*5-3(6)1-2-4(7)8/h3-4,6-7,10-11,18H,5,8-9,12-17H2,1-2H3,(H2,27,31);2*1-2H,(H,5,6)(H,7,8)/b;2*2-1-. The van der Waals surface area contributed by atoms with Crippen molar-refractivity contribution in [1.29, 1.82) is 0 Å². The van der Waals surface area contributed by atoms with Crippen LogP contribution in [0.2, 0.25) is 5.02 Å². The summed E-state index contributed by atoms with van der Waals surface area (Å²) in [7, 11) is 4.10. The van der Waals surface area contributed by atoms with Crippen molar-refractivity contribution in [1.82, 2.24) is 0 Å². The van der Waals surface area contributed by atoms with Gasteiger partial charge in [-0.15, -0.1) is 0 Å². The van der Waals surface area contributed by atoms with Crippen LogP contribution >= 0.6 is 11.6 Å². The van der Waals surface area contributed by atoms with Crippen molar-refractivity contribution in [3.8, 4) is 0 Å². The number of benzene rings is 2. The number of nitrogens with zero attached hydrogens (tertiary/aromatic N) is 1. The zero-order valence-corrected chi connectivity index (χ0v) is 27.1. The van der Waals surface area contributed by atoms with E-state index in [4.69, 9.17) is 27.5 Å². The third-order valence-corrected chi connectivity index (χ3v) is 8.39. The van der Waals surface area contributed by atoms with Crippen LogP contribution in [0.3, 0.4) is 0 Å². The van der Waals surface area contributed by atoms with Crippen LogP contribution in [0.15, 0.2) is 66.8 Å². The number of carboxylic acid groups (broad SMARTS) is 4. The molecule has 0 spiro atoms. The van der Waals surface area contributed by atoms with Gasteiger partial charge in [0.1, 0.15) is 0 Å². The van der Waals surface area contributed by atoms with Gasteiger partial charge in [0.15, 0.2) is 5.54 Å². The fourth-order valence-corrected chi connectivity index (χ4v) is 5.83. The molecule has 6 N–H and O–H groups in total. The molecule has 2 aromatic carbocycles. The van der Waals surface area contributed by atoms with E-state index >= 15 is 0 Å². The lowest BCUT2D eigenvalue weighted by Crippen LogP contribution is -3.22. The molecule has 0 bridgehead atoms. The number of anilines is 2. The van der Waals surface area contributed by atoms with E-state index in [2.05, 4.69) is 55.4 Å². The van der Waals surface area contributed by atoms with Gasteiger partial charge in [0.25, 0.3) is 5.91 Å². The second-order valence-electron chi connectivity index (χ2n) is 11.3. The first-order chi connectivity index (χ1) is 22.2. The first-order valence-electron chi connectivity index (χ1n) is 15.0. The number of fused-ring (bicyclic) bond motifs is 2. The largest absolute Gasteiger partial charge is 0.545 e. The number of halogens is 1. The summed E-state index contributed by atoms with van der Waals surface area (Å²) in [5.41, 5.74) is 10.7. The Morgan fingerprint density at radius 3 is 1.89 bits per heavy atom. The Labute approximate surface area is 278 Å². The van der Waals surface area contributed by atoms with E-state index in [1.807, 2.05) is 6.07 Å². The molecule has 2 heterocycles. The Balaban J connectivity index is 0.000000397. The van der Waals surface area contributed by atoms with Crippen molar-refractivity contribution in [3.05, 3.63) is 82.9 Å². The molecule has 1 saturated heterocycles. The van der Waals surface area contributed by atoms with E-state index in [-0.39, 0.29) is 5.91 Å². The number of hydrogen-bond acceptors (Lipinski definition) is 8. The molecule has 14 heteroatoms. The first-order valence-corrected chi connectivity index (χ1v) is 15.4. The van der Waals surface area contributed by atoms with Crippen LogP contribution in [0.1, 0.15) is 30.4 Å². The van der Waals surface area contributed by atoms with E-state index in [9.17, 15) is 34.2 Å². The quantitative estimate of drug-likeness (QED) is 0.172. The lowest BCUT2D eigenvalue weighted by atomic mass is 9.85. The van der Waals surface area contributed by atoms with Crippen LogP contribution in [0.4, 0.5) is 11.4 Å². The number of aliphatic carboxylic acids is 4. The second kappa shape index (κ2) is 18.4. The molecule has 0 atom stereocenters. The summed E-state index contributed by atoms with van der Waals surface area (Å²) < 4.78 is 0. The third kappa shape index (κ3) is 12.2. The maximum Gasteiger partial charge on any atom is 0.328 e. The number of carbonyl (C=O) groups excluding carboxylic acids is 3. The predicted molar refractivity (Wildman–Crippen MR) is 170 cm³/mol. The first kappa shape index (κ1) is 38.5. The minimum atomic E-state index is -1.51. The van der Waals surface area contributed by atoms with Crippen molar-refractivity contribution in [2.24, 2.45) is 5.73 Å². The van der Waals surface area contributed by atoms with Gasteiger partial charge < -0.3 is 50.4 Å². The normalized spacial score (nSPS) is 18.6. The summed E-state index contributed by atoms with van der Waals surface area (Å²) in [6.45, 7) is 4.08.